The highest BCUT2D eigenvalue weighted by Gasteiger charge is 2.30. The van der Waals surface area contributed by atoms with E-state index < -0.39 is 39.9 Å². The molecule has 0 aliphatic carbocycles. The fourth-order valence-corrected chi connectivity index (χ4v) is 3.45. The number of ether oxygens (including phenoxy) is 2. The van der Waals surface area contributed by atoms with Crippen LogP contribution in [0.4, 0.5) is 0 Å². The lowest BCUT2D eigenvalue weighted by molar-refractivity contribution is -0.105. The van der Waals surface area contributed by atoms with E-state index in [4.69, 9.17) is 9.47 Å². The van der Waals surface area contributed by atoms with Crippen LogP contribution in [0.25, 0.3) is 21.9 Å². The number of fused-ring (bicyclic) bond motifs is 2. The van der Waals surface area contributed by atoms with Gasteiger partial charge in [-0.2, -0.15) is 0 Å². The summed E-state index contributed by atoms with van der Waals surface area (Å²) in [4.78, 5) is 47.3. The minimum Gasteiger partial charge on any atom is -0.506 e. The summed E-state index contributed by atoms with van der Waals surface area (Å²) in [5.41, 5.74) is -0.943. The molecule has 30 heavy (non-hydrogen) atoms. The molecule has 1 heterocycles. The van der Waals surface area contributed by atoms with Gasteiger partial charge in [0.2, 0.25) is 18.4 Å². The number of rotatable bonds is 5. The van der Waals surface area contributed by atoms with Crippen LogP contribution in [0, 0.1) is 0 Å². The fourth-order valence-electron chi connectivity index (χ4n) is 3.45. The highest BCUT2D eigenvalue weighted by atomic mass is 16.7. The summed E-state index contributed by atoms with van der Waals surface area (Å²) in [6, 6.07) is 6.58. The first-order chi connectivity index (χ1) is 14.4. The van der Waals surface area contributed by atoms with Crippen LogP contribution in [0.15, 0.2) is 30.3 Å². The average molecular weight is 408 g/mol. The number of ketones is 2. The Kier molecular flexibility index (Phi) is 4.35. The van der Waals surface area contributed by atoms with E-state index in [2.05, 4.69) is 0 Å². The lowest BCUT2D eigenvalue weighted by Crippen LogP contribution is -2.13. The molecule has 0 spiro atoms. The van der Waals surface area contributed by atoms with Gasteiger partial charge >= 0.3 is 0 Å². The number of hydrogen-bond acceptors (Lipinski definition) is 9. The molecule has 4 rings (SSSR count). The minimum absolute atomic E-state index is 0.0151. The van der Waals surface area contributed by atoms with E-state index in [9.17, 15) is 34.5 Å². The lowest BCUT2D eigenvalue weighted by atomic mass is 9.85. The van der Waals surface area contributed by atoms with E-state index in [1.807, 2.05) is 0 Å². The van der Waals surface area contributed by atoms with Crippen molar-refractivity contribution in [2.75, 3.05) is 6.79 Å². The van der Waals surface area contributed by atoms with Crippen molar-refractivity contribution in [3.8, 4) is 39.9 Å². The summed E-state index contributed by atoms with van der Waals surface area (Å²) in [5.74, 6) is -3.62. The molecule has 9 nitrogen and oxygen atoms in total. The van der Waals surface area contributed by atoms with Crippen LogP contribution in [0.2, 0.25) is 0 Å². The minimum atomic E-state index is -1.24. The van der Waals surface area contributed by atoms with Crippen molar-refractivity contribution in [3.63, 3.8) is 0 Å². The van der Waals surface area contributed by atoms with Crippen LogP contribution < -0.4 is 9.47 Å². The van der Waals surface area contributed by atoms with Crippen LogP contribution in [-0.2, 0) is 9.59 Å². The Labute approximate surface area is 167 Å². The summed E-state index contributed by atoms with van der Waals surface area (Å²) in [7, 11) is 0. The second-order valence-electron chi connectivity index (χ2n) is 6.39. The largest absolute Gasteiger partial charge is 0.506 e. The van der Waals surface area contributed by atoms with Gasteiger partial charge < -0.3 is 24.8 Å². The Balaban J connectivity index is 2.23. The van der Waals surface area contributed by atoms with Gasteiger partial charge in [0.25, 0.3) is 0 Å². The normalized spacial score (nSPS) is 12.0. The van der Waals surface area contributed by atoms with Crippen molar-refractivity contribution >= 4 is 34.9 Å². The molecule has 0 saturated carbocycles. The Morgan fingerprint density at radius 1 is 0.800 bits per heavy atom. The zero-order valence-corrected chi connectivity index (χ0v) is 15.0. The summed E-state index contributed by atoms with van der Waals surface area (Å²) in [6.45, 7) is -0.0290. The number of benzene rings is 3. The molecule has 0 amide bonds. The molecule has 9 heteroatoms. The number of Topliss-reactive ketones (excluding diaryl/α,β-unsaturated/α-hetero) is 2. The number of aromatic hydroxyl groups is 3. The summed E-state index contributed by atoms with van der Waals surface area (Å²) < 4.78 is 10.6. The third-order valence-corrected chi connectivity index (χ3v) is 4.74. The zero-order valence-electron chi connectivity index (χ0n) is 15.0. The smallest absolute Gasteiger partial charge is 0.231 e. The van der Waals surface area contributed by atoms with E-state index in [1.165, 1.54) is 18.2 Å². The SMILES string of the molecule is O=CC(=O)c1c(C(=O)C=O)c(-c2ccc3c(c2)OCO3)c2cc(O)c(O)cc2c1O. The molecule has 0 aromatic heterocycles. The third kappa shape index (κ3) is 2.72. The Bertz CT molecular complexity index is 1270. The quantitative estimate of drug-likeness (QED) is 0.250. The molecule has 3 aromatic carbocycles. The Morgan fingerprint density at radius 2 is 1.40 bits per heavy atom. The first-order valence-corrected chi connectivity index (χ1v) is 8.51. The maximum atomic E-state index is 12.5. The van der Waals surface area contributed by atoms with E-state index in [1.54, 1.807) is 0 Å². The molecule has 0 atom stereocenters. The topological polar surface area (TPSA) is 147 Å². The van der Waals surface area contributed by atoms with Crippen molar-refractivity contribution < 1.29 is 44.0 Å². The summed E-state index contributed by atoms with van der Waals surface area (Å²) >= 11 is 0. The monoisotopic (exact) mass is 408 g/mol. The summed E-state index contributed by atoms with van der Waals surface area (Å²) in [6.07, 6.45) is -0.162. The number of carbonyl (C=O) groups is 4. The zero-order chi connectivity index (χ0) is 21.6. The van der Waals surface area contributed by atoms with Gasteiger partial charge in [0.15, 0.2) is 35.6 Å². The van der Waals surface area contributed by atoms with Gasteiger partial charge in [-0.3, -0.25) is 19.2 Å². The van der Waals surface area contributed by atoms with Crippen molar-refractivity contribution in [3.05, 3.63) is 41.5 Å². The predicted octanol–water partition coefficient (Wildman–Crippen LogP) is 2.12. The maximum absolute atomic E-state index is 12.5. The fraction of sp³-hybridized carbons (Fsp3) is 0.0476. The molecular weight excluding hydrogens is 396 g/mol. The van der Waals surface area contributed by atoms with Gasteiger partial charge in [0.1, 0.15) is 5.75 Å². The second-order valence-corrected chi connectivity index (χ2v) is 6.39. The molecule has 3 N–H and O–H groups in total. The van der Waals surface area contributed by atoms with Gasteiger partial charge in [-0.05, 0) is 35.2 Å². The van der Waals surface area contributed by atoms with Gasteiger partial charge in [0, 0.05) is 16.5 Å². The average Bonchev–Trinajstić information content (AvgIpc) is 3.21. The maximum Gasteiger partial charge on any atom is 0.231 e. The first-order valence-electron chi connectivity index (χ1n) is 8.51. The number of hydrogen-bond donors (Lipinski definition) is 3. The van der Waals surface area contributed by atoms with Crippen molar-refractivity contribution in [1.29, 1.82) is 0 Å². The number of carbonyl (C=O) groups excluding carboxylic acids is 4. The molecule has 1 aliphatic rings. The molecule has 3 aromatic rings. The standard InChI is InChI=1S/C21H12O9/c22-6-14(26)19-18(9-1-2-16-17(3-9)30-8-29-16)10-4-12(24)13(25)5-11(10)21(28)20(19)15(27)7-23/h1-7,24-25,28H,8H2. The second kappa shape index (κ2) is 6.89. The van der Waals surface area contributed by atoms with Crippen molar-refractivity contribution in [2.45, 2.75) is 0 Å². The van der Waals surface area contributed by atoms with Gasteiger partial charge in [-0.1, -0.05) is 6.07 Å². The van der Waals surface area contributed by atoms with Crippen molar-refractivity contribution in [2.24, 2.45) is 0 Å². The first kappa shape index (κ1) is 18.9. The molecular formula is C21H12O9. The van der Waals surface area contributed by atoms with E-state index in [-0.39, 0.29) is 41.3 Å². The molecule has 0 saturated heterocycles. The molecule has 150 valence electrons. The highest BCUT2D eigenvalue weighted by molar-refractivity contribution is 6.44. The van der Waals surface area contributed by atoms with Crippen LogP contribution in [0.3, 0.4) is 0 Å². The van der Waals surface area contributed by atoms with E-state index in [0.717, 1.165) is 12.1 Å². The van der Waals surface area contributed by atoms with Crippen LogP contribution in [0.1, 0.15) is 20.7 Å². The molecule has 0 fully saturated rings. The molecule has 0 bridgehead atoms. The van der Waals surface area contributed by atoms with Crippen molar-refractivity contribution in [1.82, 2.24) is 0 Å². The summed E-state index contributed by atoms with van der Waals surface area (Å²) in [5, 5.41) is 30.4. The number of aldehydes is 2. The predicted molar refractivity (Wildman–Crippen MR) is 101 cm³/mol. The lowest BCUT2D eigenvalue weighted by Gasteiger charge is -2.17. The number of phenols is 3. The van der Waals surface area contributed by atoms with E-state index >= 15 is 0 Å². The van der Waals surface area contributed by atoms with Gasteiger partial charge in [-0.15, -0.1) is 0 Å². The molecule has 0 radical (unpaired) electrons. The van der Waals surface area contributed by atoms with Crippen LogP contribution >= 0.6 is 0 Å². The third-order valence-electron chi connectivity index (χ3n) is 4.74. The molecule has 0 unspecified atom stereocenters. The van der Waals surface area contributed by atoms with Gasteiger partial charge in [-0.25, -0.2) is 0 Å². The Morgan fingerprint density at radius 3 is 2.07 bits per heavy atom. The van der Waals surface area contributed by atoms with Crippen LogP contribution in [-0.4, -0.2) is 46.3 Å². The number of phenolic OH excluding ortho intramolecular Hbond substituents is 3. The van der Waals surface area contributed by atoms with E-state index in [0.29, 0.717) is 11.5 Å². The van der Waals surface area contributed by atoms with Gasteiger partial charge in [0.05, 0.1) is 5.56 Å². The highest BCUT2D eigenvalue weighted by Crippen LogP contribution is 2.46. The molecule has 1 aliphatic heterocycles. The Hall–Kier alpha value is -4.40. The van der Waals surface area contributed by atoms with Crippen LogP contribution in [0.5, 0.6) is 28.7 Å².